The summed E-state index contributed by atoms with van der Waals surface area (Å²) >= 11 is 12.0. The fourth-order valence-corrected chi connectivity index (χ4v) is 4.75. The van der Waals surface area contributed by atoms with Crippen LogP contribution in [0.25, 0.3) is 5.57 Å². The lowest BCUT2D eigenvalue weighted by atomic mass is 9.91. The van der Waals surface area contributed by atoms with E-state index < -0.39 is 11.9 Å². The van der Waals surface area contributed by atoms with Crippen LogP contribution in [0.15, 0.2) is 126 Å². The average molecular weight is 581 g/mol. The van der Waals surface area contributed by atoms with Crippen LogP contribution < -0.4 is 5.32 Å². The first-order valence-corrected chi connectivity index (χ1v) is 13.2. The molecule has 4 aromatic carbocycles. The van der Waals surface area contributed by atoms with Crippen molar-refractivity contribution in [1.29, 1.82) is 0 Å². The molecule has 1 aliphatic rings. The Morgan fingerprint density at radius 1 is 0.634 bits per heavy atom. The third-order valence-corrected chi connectivity index (χ3v) is 6.98. The molecule has 3 N–H and O–H groups in total. The maximum atomic E-state index is 11.4. The van der Waals surface area contributed by atoms with Gasteiger partial charge in [0, 0.05) is 11.4 Å². The highest BCUT2D eigenvalue weighted by molar-refractivity contribution is 6.34. The predicted molar refractivity (Wildman–Crippen MR) is 164 cm³/mol. The van der Waals surface area contributed by atoms with E-state index in [4.69, 9.17) is 23.2 Å². The van der Waals surface area contributed by atoms with Gasteiger partial charge in [-0.15, -0.1) is 0 Å². The number of hydrogen-bond acceptors (Lipinski definition) is 4. The molecule has 0 atom stereocenters. The van der Waals surface area contributed by atoms with Crippen molar-refractivity contribution in [2.45, 2.75) is 0 Å². The largest absolute Gasteiger partial charge is 0.478 e. The van der Waals surface area contributed by atoms with Crippen LogP contribution in [0.4, 0.5) is 17.1 Å². The average Bonchev–Trinajstić information content (AvgIpc) is 2.97. The maximum absolute atomic E-state index is 11.4. The minimum absolute atomic E-state index is 0.000518. The lowest BCUT2D eigenvalue weighted by molar-refractivity contribution is 0.0686. The first-order valence-electron chi connectivity index (χ1n) is 12.5. The Morgan fingerprint density at radius 3 is 1.83 bits per heavy atom. The first-order chi connectivity index (χ1) is 19.8. The number of rotatable bonds is 7. The molecule has 0 radical (unpaired) electrons. The molecule has 4 aromatic rings. The minimum Gasteiger partial charge on any atom is -0.478 e. The second kappa shape index (κ2) is 12.1. The Bertz CT molecular complexity index is 1760. The molecule has 0 heterocycles. The molecular weight excluding hydrogens is 559 g/mol. The van der Waals surface area contributed by atoms with E-state index in [1.165, 1.54) is 18.2 Å². The van der Waals surface area contributed by atoms with Gasteiger partial charge in [0.05, 0.1) is 32.6 Å². The minimum atomic E-state index is -1.11. The highest BCUT2D eigenvalue weighted by Gasteiger charge is 2.13. The molecule has 6 nitrogen and oxygen atoms in total. The number of halogens is 2. The third kappa shape index (κ3) is 6.47. The van der Waals surface area contributed by atoms with Crippen LogP contribution in [0.2, 0.25) is 10.0 Å². The number of anilines is 2. The van der Waals surface area contributed by atoms with Crippen LogP contribution in [-0.2, 0) is 0 Å². The summed E-state index contributed by atoms with van der Waals surface area (Å²) in [5.74, 6) is -2.20. The molecule has 0 saturated heterocycles. The molecule has 202 valence electrons. The Kier molecular flexibility index (Phi) is 8.15. The zero-order valence-corrected chi connectivity index (χ0v) is 22.9. The molecule has 0 aliphatic heterocycles. The van der Waals surface area contributed by atoms with Crippen molar-refractivity contribution >= 4 is 63.5 Å². The summed E-state index contributed by atoms with van der Waals surface area (Å²) in [5, 5.41) is 22.3. The second-order valence-corrected chi connectivity index (χ2v) is 9.89. The number of aromatic carboxylic acids is 2. The zero-order chi connectivity index (χ0) is 28.9. The summed E-state index contributed by atoms with van der Waals surface area (Å²) in [5.41, 5.74) is 6.60. The lowest BCUT2D eigenvalue weighted by Crippen LogP contribution is -2.00. The highest BCUT2D eigenvalue weighted by atomic mass is 35.5. The Balaban J connectivity index is 1.45. The number of carboxylic acid groups (broad SMARTS) is 2. The van der Waals surface area contributed by atoms with Gasteiger partial charge in [-0.1, -0.05) is 77.8 Å². The quantitative estimate of drug-likeness (QED) is 0.203. The Morgan fingerprint density at radius 2 is 1.20 bits per heavy atom. The van der Waals surface area contributed by atoms with Gasteiger partial charge in [-0.05, 0) is 83.0 Å². The van der Waals surface area contributed by atoms with E-state index in [0.717, 1.165) is 28.0 Å². The third-order valence-electron chi connectivity index (χ3n) is 6.32. The number of nitrogens with zero attached hydrogens (tertiary/aromatic N) is 1. The van der Waals surface area contributed by atoms with Crippen molar-refractivity contribution in [2.24, 2.45) is 4.99 Å². The second-order valence-electron chi connectivity index (χ2n) is 9.07. The SMILES string of the molecule is O=C(O)c1cc(N=C2C=CC(=C(c3ccccc3)c3ccc(Nc4ccc(Cl)c(C(=O)O)c4)cc3)C=C2)ccc1Cl. The molecular formula is C33H22Cl2N2O4. The predicted octanol–water partition coefficient (Wildman–Crippen LogP) is 8.83. The fourth-order valence-electron chi connectivity index (χ4n) is 4.36. The molecule has 0 bridgehead atoms. The standard InChI is InChI=1S/C33H22Cl2N2O4/c34-29-16-14-25(18-27(29)32(38)39)36-23-10-6-21(7-11-23)31(20-4-2-1-3-5-20)22-8-12-24(13-9-22)37-26-15-17-30(35)28(19-26)33(40)41/h1-19,36H,(H,38,39)(H,40,41). The van der Waals surface area contributed by atoms with Crippen molar-refractivity contribution in [3.8, 4) is 0 Å². The fraction of sp³-hybridized carbons (Fsp3) is 0. The Labute approximate surface area is 246 Å². The van der Waals surface area contributed by atoms with E-state index in [2.05, 4.69) is 10.3 Å². The lowest BCUT2D eigenvalue weighted by Gasteiger charge is -2.15. The van der Waals surface area contributed by atoms with Crippen molar-refractivity contribution in [1.82, 2.24) is 0 Å². The molecule has 0 unspecified atom stereocenters. The number of carboxylic acids is 2. The Hall–Kier alpha value is -4.91. The van der Waals surface area contributed by atoms with E-state index >= 15 is 0 Å². The van der Waals surface area contributed by atoms with Crippen molar-refractivity contribution in [3.05, 3.63) is 153 Å². The van der Waals surface area contributed by atoms with E-state index in [-0.39, 0.29) is 21.2 Å². The molecule has 41 heavy (non-hydrogen) atoms. The molecule has 0 saturated carbocycles. The topological polar surface area (TPSA) is 99.0 Å². The maximum Gasteiger partial charge on any atom is 0.337 e. The van der Waals surface area contributed by atoms with Crippen molar-refractivity contribution in [3.63, 3.8) is 0 Å². The number of aliphatic imine (C=N–C) groups is 1. The summed E-state index contributed by atoms with van der Waals surface area (Å²) in [6, 6.07) is 27.3. The van der Waals surface area contributed by atoms with E-state index in [9.17, 15) is 19.8 Å². The van der Waals surface area contributed by atoms with Gasteiger partial charge in [0.1, 0.15) is 0 Å². The molecule has 0 aromatic heterocycles. The normalized spacial score (nSPS) is 12.2. The summed E-state index contributed by atoms with van der Waals surface area (Å²) in [7, 11) is 0. The van der Waals surface area contributed by atoms with E-state index in [1.54, 1.807) is 18.2 Å². The van der Waals surface area contributed by atoms with Crippen LogP contribution in [0.5, 0.6) is 0 Å². The molecule has 8 heteroatoms. The molecule has 0 fully saturated rings. The monoisotopic (exact) mass is 580 g/mol. The number of hydrogen-bond donors (Lipinski definition) is 3. The molecule has 0 spiro atoms. The van der Waals surface area contributed by atoms with Gasteiger partial charge >= 0.3 is 11.9 Å². The van der Waals surface area contributed by atoms with Crippen LogP contribution in [0.3, 0.4) is 0 Å². The van der Waals surface area contributed by atoms with Gasteiger partial charge in [-0.25, -0.2) is 14.6 Å². The van der Waals surface area contributed by atoms with Gasteiger partial charge < -0.3 is 15.5 Å². The van der Waals surface area contributed by atoms with Gasteiger partial charge in [0.2, 0.25) is 0 Å². The molecule has 5 rings (SSSR count). The number of nitrogens with one attached hydrogen (secondary N) is 1. The molecule has 1 aliphatic carbocycles. The van der Waals surface area contributed by atoms with Gasteiger partial charge in [-0.2, -0.15) is 0 Å². The number of carbonyl (C=O) groups is 2. The van der Waals surface area contributed by atoms with Crippen LogP contribution in [0, 0.1) is 0 Å². The summed E-state index contributed by atoms with van der Waals surface area (Å²) in [6.45, 7) is 0. The van der Waals surface area contributed by atoms with E-state index in [1.807, 2.05) is 78.9 Å². The highest BCUT2D eigenvalue weighted by Crippen LogP contribution is 2.32. The number of benzene rings is 4. The van der Waals surface area contributed by atoms with Gasteiger partial charge in [0.25, 0.3) is 0 Å². The summed E-state index contributed by atoms with van der Waals surface area (Å²) in [4.78, 5) is 27.4. The smallest absolute Gasteiger partial charge is 0.337 e. The van der Waals surface area contributed by atoms with Crippen LogP contribution >= 0.6 is 23.2 Å². The summed E-state index contributed by atoms with van der Waals surface area (Å²) < 4.78 is 0. The molecule has 0 amide bonds. The van der Waals surface area contributed by atoms with Crippen molar-refractivity contribution in [2.75, 3.05) is 5.32 Å². The van der Waals surface area contributed by atoms with Gasteiger partial charge in [-0.3, -0.25) is 0 Å². The van der Waals surface area contributed by atoms with Crippen LogP contribution in [0.1, 0.15) is 31.8 Å². The van der Waals surface area contributed by atoms with Crippen molar-refractivity contribution < 1.29 is 19.8 Å². The van der Waals surface area contributed by atoms with E-state index in [0.29, 0.717) is 17.1 Å². The number of allylic oxidation sites excluding steroid dienone is 5. The first kappa shape index (κ1) is 27.6. The van der Waals surface area contributed by atoms with Gasteiger partial charge in [0.15, 0.2) is 0 Å². The van der Waals surface area contributed by atoms with Crippen LogP contribution in [-0.4, -0.2) is 27.9 Å². The summed E-state index contributed by atoms with van der Waals surface area (Å²) in [6.07, 6.45) is 7.71. The zero-order valence-electron chi connectivity index (χ0n) is 21.4.